The average Bonchev–Trinajstić information content (AvgIpc) is 2.46. The fourth-order valence-electron chi connectivity index (χ4n) is 2.27. The van der Waals surface area contributed by atoms with Gasteiger partial charge >= 0.3 is 6.09 Å². The summed E-state index contributed by atoms with van der Waals surface area (Å²) in [4.78, 5) is 24.6. The summed E-state index contributed by atoms with van der Waals surface area (Å²) < 4.78 is 0. The zero-order chi connectivity index (χ0) is 17.5. The van der Waals surface area contributed by atoms with Crippen LogP contribution in [0, 0.1) is 0 Å². The molecule has 0 aromatic heterocycles. The molecule has 0 spiro atoms. The molecule has 0 aliphatic rings. The minimum atomic E-state index is -0.917. The van der Waals surface area contributed by atoms with Crippen molar-refractivity contribution >= 4 is 12.0 Å². The molecule has 0 fully saturated rings. The number of hydrogen-bond donors (Lipinski definition) is 3. The van der Waals surface area contributed by atoms with Crippen LogP contribution < -0.4 is 11.1 Å². The number of nitrogens with one attached hydrogen (secondary N) is 1. The molecule has 0 saturated carbocycles. The van der Waals surface area contributed by atoms with Crippen LogP contribution in [0.4, 0.5) is 4.79 Å². The molecule has 1 aromatic carbocycles. The first-order valence-electron chi connectivity index (χ1n) is 7.84. The molecule has 23 heavy (non-hydrogen) atoms. The Hall–Kier alpha value is -2.08. The quantitative estimate of drug-likeness (QED) is 0.531. The van der Waals surface area contributed by atoms with E-state index in [1.807, 2.05) is 26.8 Å². The van der Waals surface area contributed by atoms with Crippen LogP contribution in [0.25, 0.3) is 0 Å². The van der Waals surface area contributed by atoms with Crippen molar-refractivity contribution in [2.24, 2.45) is 5.73 Å². The van der Waals surface area contributed by atoms with Gasteiger partial charge in [0.1, 0.15) is 0 Å². The molecule has 2 amide bonds. The van der Waals surface area contributed by atoms with Crippen LogP contribution in [0.1, 0.15) is 50.4 Å². The Labute approximate surface area is 137 Å². The lowest BCUT2D eigenvalue weighted by Gasteiger charge is -2.33. The van der Waals surface area contributed by atoms with Crippen molar-refractivity contribution in [1.82, 2.24) is 10.2 Å². The SMILES string of the molecule is CC(C)(C)N(CCCCC(N)NC(=O)c1ccccc1)C(=O)O. The van der Waals surface area contributed by atoms with Crippen LogP contribution in [0.2, 0.25) is 0 Å². The van der Waals surface area contributed by atoms with Crippen molar-refractivity contribution in [3.63, 3.8) is 0 Å². The van der Waals surface area contributed by atoms with E-state index < -0.39 is 17.8 Å². The maximum absolute atomic E-state index is 11.9. The highest BCUT2D eigenvalue weighted by Crippen LogP contribution is 2.15. The molecular weight excluding hydrogens is 294 g/mol. The van der Waals surface area contributed by atoms with Crippen LogP contribution in [-0.2, 0) is 0 Å². The third kappa shape index (κ3) is 6.69. The molecule has 0 bridgehead atoms. The van der Waals surface area contributed by atoms with Crippen LogP contribution in [0.15, 0.2) is 30.3 Å². The standard InChI is InChI=1S/C17H27N3O3/c1-17(2,3)20(16(22)23)12-8-7-11-14(18)19-15(21)13-9-5-4-6-10-13/h4-6,9-10,14H,7-8,11-12,18H2,1-3H3,(H,19,21)(H,22,23). The number of hydrogen-bond acceptors (Lipinski definition) is 3. The van der Waals surface area contributed by atoms with E-state index in [1.54, 1.807) is 24.3 Å². The average molecular weight is 321 g/mol. The highest BCUT2D eigenvalue weighted by molar-refractivity contribution is 5.94. The van der Waals surface area contributed by atoms with Crippen LogP contribution in [-0.4, -0.2) is 40.3 Å². The molecule has 1 aromatic rings. The van der Waals surface area contributed by atoms with Gasteiger partial charge in [-0.25, -0.2) is 4.79 Å². The Morgan fingerprint density at radius 3 is 2.35 bits per heavy atom. The second kappa shape index (κ2) is 8.53. The number of benzene rings is 1. The number of nitrogens with zero attached hydrogens (tertiary/aromatic N) is 1. The fourth-order valence-corrected chi connectivity index (χ4v) is 2.27. The first-order valence-corrected chi connectivity index (χ1v) is 7.84. The summed E-state index contributed by atoms with van der Waals surface area (Å²) in [6.07, 6.45) is 0.708. The zero-order valence-electron chi connectivity index (χ0n) is 14.1. The van der Waals surface area contributed by atoms with E-state index >= 15 is 0 Å². The normalized spacial score (nSPS) is 12.5. The number of rotatable bonds is 7. The second-order valence-electron chi connectivity index (χ2n) is 6.55. The third-order valence-corrected chi connectivity index (χ3v) is 3.54. The summed E-state index contributed by atoms with van der Waals surface area (Å²) in [6.45, 7) is 6.06. The molecule has 6 heteroatoms. The molecule has 1 rings (SSSR count). The van der Waals surface area contributed by atoms with Gasteiger partial charge in [-0.15, -0.1) is 0 Å². The van der Waals surface area contributed by atoms with Gasteiger partial charge in [0.15, 0.2) is 0 Å². The van der Waals surface area contributed by atoms with Crippen molar-refractivity contribution in [3.05, 3.63) is 35.9 Å². The van der Waals surface area contributed by atoms with Crippen molar-refractivity contribution < 1.29 is 14.7 Å². The lowest BCUT2D eigenvalue weighted by atomic mass is 10.1. The smallest absolute Gasteiger partial charge is 0.407 e. The van der Waals surface area contributed by atoms with E-state index in [0.29, 0.717) is 24.9 Å². The van der Waals surface area contributed by atoms with E-state index in [2.05, 4.69) is 5.32 Å². The summed E-state index contributed by atoms with van der Waals surface area (Å²) in [5, 5.41) is 12.0. The van der Waals surface area contributed by atoms with Crippen LogP contribution in [0.5, 0.6) is 0 Å². The first-order chi connectivity index (χ1) is 10.7. The maximum Gasteiger partial charge on any atom is 0.407 e. The topological polar surface area (TPSA) is 95.7 Å². The predicted molar refractivity (Wildman–Crippen MR) is 90.2 cm³/mol. The van der Waals surface area contributed by atoms with E-state index in [-0.39, 0.29) is 5.91 Å². The highest BCUT2D eigenvalue weighted by Gasteiger charge is 2.25. The molecule has 0 saturated heterocycles. The molecule has 0 radical (unpaired) electrons. The first kappa shape index (κ1) is 19.0. The van der Waals surface area contributed by atoms with Gasteiger partial charge in [-0.1, -0.05) is 18.2 Å². The predicted octanol–water partition coefficient (Wildman–Crippen LogP) is 2.65. The van der Waals surface area contributed by atoms with Gasteiger partial charge in [0, 0.05) is 17.6 Å². The number of carbonyl (C=O) groups excluding carboxylic acids is 1. The number of carbonyl (C=O) groups is 2. The Morgan fingerprint density at radius 2 is 1.83 bits per heavy atom. The molecule has 1 unspecified atom stereocenters. The summed E-state index contributed by atoms with van der Waals surface area (Å²) in [6, 6.07) is 8.91. The Morgan fingerprint density at radius 1 is 1.22 bits per heavy atom. The molecule has 1 atom stereocenters. The maximum atomic E-state index is 11.9. The summed E-state index contributed by atoms with van der Waals surface area (Å²) in [7, 11) is 0. The largest absolute Gasteiger partial charge is 0.465 e. The molecule has 0 heterocycles. The van der Waals surface area contributed by atoms with Crippen LogP contribution in [0.3, 0.4) is 0 Å². The fraction of sp³-hybridized carbons (Fsp3) is 0.529. The number of carboxylic acid groups (broad SMARTS) is 1. The van der Waals surface area contributed by atoms with E-state index in [4.69, 9.17) is 5.73 Å². The third-order valence-electron chi connectivity index (χ3n) is 3.54. The molecular formula is C17H27N3O3. The molecule has 128 valence electrons. The highest BCUT2D eigenvalue weighted by atomic mass is 16.4. The summed E-state index contributed by atoms with van der Waals surface area (Å²) in [5.74, 6) is -0.194. The zero-order valence-corrected chi connectivity index (χ0v) is 14.1. The van der Waals surface area contributed by atoms with Gasteiger partial charge in [-0.05, 0) is 52.2 Å². The van der Waals surface area contributed by atoms with E-state index in [1.165, 1.54) is 4.90 Å². The van der Waals surface area contributed by atoms with Gasteiger partial charge in [0.2, 0.25) is 0 Å². The summed E-state index contributed by atoms with van der Waals surface area (Å²) in [5.41, 5.74) is 6.07. The molecule has 4 N–H and O–H groups in total. The molecule has 0 aliphatic heterocycles. The van der Waals surface area contributed by atoms with E-state index in [9.17, 15) is 14.7 Å². The number of unbranched alkanes of at least 4 members (excludes halogenated alkanes) is 1. The molecule has 0 aliphatic carbocycles. The van der Waals surface area contributed by atoms with Crippen molar-refractivity contribution in [3.8, 4) is 0 Å². The van der Waals surface area contributed by atoms with Crippen LogP contribution >= 0.6 is 0 Å². The minimum absolute atomic E-state index is 0.194. The Balaban J connectivity index is 2.33. The van der Waals surface area contributed by atoms with Crippen molar-refractivity contribution in [1.29, 1.82) is 0 Å². The lowest BCUT2D eigenvalue weighted by molar-refractivity contribution is 0.0935. The minimum Gasteiger partial charge on any atom is -0.465 e. The van der Waals surface area contributed by atoms with Gasteiger partial charge in [0.05, 0.1) is 6.17 Å². The molecule has 6 nitrogen and oxygen atoms in total. The number of nitrogens with two attached hydrogens (primary N) is 1. The monoisotopic (exact) mass is 321 g/mol. The summed E-state index contributed by atoms with van der Waals surface area (Å²) >= 11 is 0. The Kier molecular flexibility index (Phi) is 7.03. The van der Waals surface area contributed by atoms with Gasteiger partial charge in [0.25, 0.3) is 5.91 Å². The van der Waals surface area contributed by atoms with Gasteiger partial charge in [-0.3, -0.25) is 4.79 Å². The second-order valence-corrected chi connectivity index (χ2v) is 6.55. The Bertz CT molecular complexity index is 512. The van der Waals surface area contributed by atoms with Gasteiger partial charge < -0.3 is 21.1 Å². The van der Waals surface area contributed by atoms with Crippen molar-refractivity contribution in [2.45, 2.75) is 51.7 Å². The van der Waals surface area contributed by atoms with Crippen molar-refractivity contribution in [2.75, 3.05) is 6.54 Å². The van der Waals surface area contributed by atoms with Gasteiger partial charge in [-0.2, -0.15) is 0 Å². The van der Waals surface area contributed by atoms with E-state index in [0.717, 1.165) is 6.42 Å². The number of amides is 2. The lowest BCUT2D eigenvalue weighted by Crippen LogP contribution is -2.45.